The summed E-state index contributed by atoms with van der Waals surface area (Å²) >= 11 is 0. The van der Waals surface area contributed by atoms with Crippen molar-refractivity contribution in [1.82, 2.24) is 4.90 Å². The second kappa shape index (κ2) is 11.5. The fraction of sp³-hybridized carbons (Fsp3) is 0.435. The highest BCUT2D eigenvalue weighted by atomic mass is 16.5. The molecule has 0 aromatic heterocycles. The average Bonchev–Trinajstić information content (AvgIpc) is 2.71. The molecule has 0 spiro atoms. The minimum atomic E-state index is 0.0466. The zero-order valence-corrected chi connectivity index (χ0v) is 16.1. The molecule has 0 unspecified atom stereocenters. The van der Waals surface area contributed by atoms with Crippen molar-refractivity contribution in [3.05, 3.63) is 65.7 Å². The van der Waals surface area contributed by atoms with Gasteiger partial charge in [-0.3, -0.25) is 4.79 Å². The second-order valence-electron chi connectivity index (χ2n) is 6.51. The summed E-state index contributed by atoms with van der Waals surface area (Å²) in [7, 11) is 0. The van der Waals surface area contributed by atoms with Gasteiger partial charge in [-0.25, -0.2) is 0 Å². The molecule has 2 rings (SSSR count). The Morgan fingerprint density at radius 3 is 2.08 bits per heavy atom. The number of carbonyl (C=O) groups excluding carboxylic acids is 1. The van der Waals surface area contributed by atoms with Gasteiger partial charge in [0.1, 0.15) is 5.75 Å². The lowest BCUT2D eigenvalue weighted by molar-refractivity contribution is 0.103. The van der Waals surface area contributed by atoms with E-state index in [0.29, 0.717) is 11.1 Å². The van der Waals surface area contributed by atoms with Crippen LogP contribution in [0.4, 0.5) is 0 Å². The number of hydrogen-bond acceptors (Lipinski definition) is 3. The number of ketones is 1. The molecule has 2 aromatic carbocycles. The van der Waals surface area contributed by atoms with E-state index >= 15 is 0 Å². The molecule has 26 heavy (non-hydrogen) atoms. The van der Waals surface area contributed by atoms with E-state index in [2.05, 4.69) is 18.7 Å². The van der Waals surface area contributed by atoms with Gasteiger partial charge in [0.15, 0.2) is 5.78 Å². The third kappa shape index (κ3) is 6.64. The maximum atomic E-state index is 12.4. The first kappa shape index (κ1) is 20.2. The fourth-order valence-electron chi connectivity index (χ4n) is 2.98. The number of carbonyl (C=O) groups is 1. The van der Waals surface area contributed by atoms with Crippen LogP contribution in [0.3, 0.4) is 0 Å². The van der Waals surface area contributed by atoms with E-state index in [4.69, 9.17) is 4.74 Å². The Hall–Kier alpha value is -2.13. The Balaban J connectivity index is 1.66. The molecule has 0 N–H and O–H groups in total. The quantitative estimate of drug-likeness (QED) is 0.388. The minimum absolute atomic E-state index is 0.0466. The smallest absolute Gasteiger partial charge is 0.193 e. The van der Waals surface area contributed by atoms with Crippen LogP contribution in [-0.2, 0) is 0 Å². The molecule has 0 amide bonds. The van der Waals surface area contributed by atoms with Crippen LogP contribution in [0.2, 0.25) is 0 Å². The predicted octanol–water partition coefficient (Wildman–Crippen LogP) is 5.20. The third-order valence-corrected chi connectivity index (χ3v) is 4.68. The third-order valence-electron chi connectivity index (χ3n) is 4.68. The normalized spacial score (nSPS) is 10.9. The van der Waals surface area contributed by atoms with Crippen molar-refractivity contribution in [2.75, 3.05) is 26.2 Å². The fourth-order valence-corrected chi connectivity index (χ4v) is 2.98. The largest absolute Gasteiger partial charge is 0.494 e. The van der Waals surface area contributed by atoms with Crippen molar-refractivity contribution in [3.8, 4) is 5.75 Å². The van der Waals surface area contributed by atoms with Crippen LogP contribution in [0.15, 0.2) is 54.6 Å². The van der Waals surface area contributed by atoms with Gasteiger partial charge in [-0.1, -0.05) is 57.0 Å². The molecule has 0 atom stereocenters. The van der Waals surface area contributed by atoms with E-state index in [-0.39, 0.29) is 5.78 Å². The van der Waals surface area contributed by atoms with E-state index < -0.39 is 0 Å². The Morgan fingerprint density at radius 2 is 1.42 bits per heavy atom. The first-order valence-electron chi connectivity index (χ1n) is 9.79. The summed E-state index contributed by atoms with van der Waals surface area (Å²) in [6.45, 7) is 8.65. The number of rotatable bonds is 12. The molecule has 3 heteroatoms. The zero-order valence-electron chi connectivity index (χ0n) is 16.1. The van der Waals surface area contributed by atoms with E-state index in [1.54, 1.807) is 0 Å². The summed E-state index contributed by atoms with van der Waals surface area (Å²) in [5.41, 5.74) is 1.41. The summed E-state index contributed by atoms with van der Waals surface area (Å²) < 4.78 is 5.79. The van der Waals surface area contributed by atoms with Crippen molar-refractivity contribution in [2.24, 2.45) is 0 Å². The van der Waals surface area contributed by atoms with Gasteiger partial charge < -0.3 is 9.64 Å². The topological polar surface area (TPSA) is 29.5 Å². The van der Waals surface area contributed by atoms with Crippen molar-refractivity contribution in [2.45, 2.75) is 39.5 Å². The monoisotopic (exact) mass is 353 g/mol. The van der Waals surface area contributed by atoms with Crippen molar-refractivity contribution in [3.63, 3.8) is 0 Å². The molecule has 0 fully saturated rings. The van der Waals surface area contributed by atoms with Crippen LogP contribution >= 0.6 is 0 Å². The lowest BCUT2D eigenvalue weighted by Crippen LogP contribution is -2.23. The van der Waals surface area contributed by atoms with Gasteiger partial charge in [-0.05, 0) is 56.7 Å². The molecular formula is C23H31NO2. The molecule has 0 saturated carbocycles. The molecule has 0 saturated heterocycles. The van der Waals surface area contributed by atoms with Crippen molar-refractivity contribution in [1.29, 1.82) is 0 Å². The average molecular weight is 354 g/mol. The van der Waals surface area contributed by atoms with Gasteiger partial charge in [0, 0.05) is 11.1 Å². The molecule has 3 nitrogen and oxygen atoms in total. The maximum Gasteiger partial charge on any atom is 0.193 e. The molecule has 0 aliphatic rings. The highest BCUT2D eigenvalue weighted by Gasteiger charge is 2.08. The highest BCUT2D eigenvalue weighted by molar-refractivity contribution is 6.08. The number of ether oxygens (including phenoxy) is 1. The lowest BCUT2D eigenvalue weighted by atomic mass is 10.0. The van der Waals surface area contributed by atoms with Gasteiger partial charge in [0.2, 0.25) is 0 Å². The van der Waals surface area contributed by atoms with E-state index in [1.807, 2.05) is 54.6 Å². The highest BCUT2D eigenvalue weighted by Crippen LogP contribution is 2.16. The number of benzene rings is 2. The van der Waals surface area contributed by atoms with Crippen molar-refractivity contribution >= 4 is 5.78 Å². The van der Waals surface area contributed by atoms with Crippen LogP contribution in [0, 0.1) is 0 Å². The van der Waals surface area contributed by atoms with Gasteiger partial charge in [-0.2, -0.15) is 0 Å². The zero-order chi connectivity index (χ0) is 18.6. The standard InChI is InChI=1S/C23H31NO2/c1-3-24(4-2)18-10-5-6-11-19-26-22-16-14-21(15-17-22)23(25)20-12-8-7-9-13-20/h7-9,12-17H,3-6,10-11,18-19H2,1-2H3. The first-order valence-corrected chi connectivity index (χ1v) is 9.79. The summed E-state index contributed by atoms with van der Waals surface area (Å²) in [6.07, 6.45) is 4.79. The van der Waals surface area contributed by atoms with Crippen molar-refractivity contribution < 1.29 is 9.53 Å². The van der Waals surface area contributed by atoms with Crippen LogP contribution in [0.5, 0.6) is 5.75 Å². The summed E-state index contributed by atoms with van der Waals surface area (Å²) in [5, 5.41) is 0. The van der Waals surface area contributed by atoms with Crippen LogP contribution in [0.1, 0.15) is 55.5 Å². The second-order valence-corrected chi connectivity index (χ2v) is 6.51. The number of nitrogens with zero attached hydrogens (tertiary/aromatic N) is 1. The lowest BCUT2D eigenvalue weighted by Gasteiger charge is -2.17. The van der Waals surface area contributed by atoms with Gasteiger partial charge in [0.05, 0.1) is 6.61 Å². The Morgan fingerprint density at radius 1 is 0.808 bits per heavy atom. The molecule has 0 bridgehead atoms. The molecule has 0 aliphatic carbocycles. The van der Waals surface area contributed by atoms with E-state index in [0.717, 1.165) is 31.9 Å². The molecule has 0 heterocycles. The Bertz CT molecular complexity index is 633. The predicted molar refractivity (Wildman–Crippen MR) is 108 cm³/mol. The van der Waals surface area contributed by atoms with Crippen LogP contribution in [0.25, 0.3) is 0 Å². The molecular weight excluding hydrogens is 322 g/mol. The molecule has 140 valence electrons. The van der Waals surface area contributed by atoms with Gasteiger partial charge >= 0.3 is 0 Å². The van der Waals surface area contributed by atoms with Crippen LogP contribution in [-0.4, -0.2) is 36.9 Å². The number of unbranched alkanes of at least 4 members (excludes halogenated alkanes) is 3. The summed E-state index contributed by atoms with van der Waals surface area (Å²) in [5.74, 6) is 0.878. The Kier molecular flexibility index (Phi) is 8.91. The van der Waals surface area contributed by atoms with Gasteiger partial charge in [0.25, 0.3) is 0 Å². The minimum Gasteiger partial charge on any atom is -0.494 e. The van der Waals surface area contributed by atoms with Crippen LogP contribution < -0.4 is 4.74 Å². The van der Waals surface area contributed by atoms with Gasteiger partial charge in [-0.15, -0.1) is 0 Å². The SMILES string of the molecule is CCN(CC)CCCCCCOc1ccc(C(=O)c2ccccc2)cc1. The van der Waals surface area contributed by atoms with E-state index in [1.165, 1.54) is 25.8 Å². The summed E-state index contributed by atoms with van der Waals surface area (Å²) in [6, 6.07) is 16.8. The molecule has 2 aromatic rings. The number of hydrogen-bond donors (Lipinski definition) is 0. The maximum absolute atomic E-state index is 12.4. The van der Waals surface area contributed by atoms with E-state index in [9.17, 15) is 4.79 Å². The first-order chi connectivity index (χ1) is 12.7. The molecule has 0 aliphatic heterocycles. The molecule has 0 radical (unpaired) electrons. The Labute approximate surface area is 158 Å². The summed E-state index contributed by atoms with van der Waals surface area (Å²) in [4.78, 5) is 14.8.